The third-order valence-electron chi connectivity index (χ3n) is 3.06. The van der Waals surface area contributed by atoms with Gasteiger partial charge in [-0.3, -0.25) is 0 Å². The molecule has 58 valence electrons. The number of rotatable bonds is 0. The molecule has 2 aliphatic rings. The van der Waals surface area contributed by atoms with Crippen molar-refractivity contribution < 1.29 is 4.74 Å². The third-order valence-corrected chi connectivity index (χ3v) is 3.06. The highest BCUT2D eigenvalue weighted by Gasteiger charge is 2.35. The van der Waals surface area contributed by atoms with E-state index in [-0.39, 0.29) is 0 Å². The summed E-state index contributed by atoms with van der Waals surface area (Å²) in [7, 11) is 0. The van der Waals surface area contributed by atoms with Gasteiger partial charge in [-0.2, -0.15) is 0 Å². The van der Waals surface area contributed by atoms with Gasteiger partial charge in [0.05, 0.1) is 6.10 Å². The standard InChI is InChI=1S/C9H16O/c1-7-6-10-9-5-3-2-4-8(7)9/h7-9H,2-6H2,1H3/t7-,8+,9+/m1/s1. The first kappa shape index (κ1) is 6.66. The van der Waals surface area contributed by atoms with Crippen LogP contribution in [0.2, 0.25) is 0 Å². The van der Waals surface area contributed by atoms with Crippen molar-refractivity contribution >= 4 is 0 Å². The van der Waals surface area contributed by atoms with Gasteiger partial charge in [0.2, 0.25) is 0 Å². The molecule has 0 amide bonds. The van der Waals surface area contributed by atoms with Gasteiger partial charge >= 0.3 is 0 Å². The Hall–Kier alpha value is -0.0400. The van der Waals surface area contributed by atoms with E-state index in [4.69, 9.17) is 4.74 Å². The molecule has 1 saturated carbocycles. The summed E-state index contributed by atoms with van der Waals surface area (Å²) in [6.45, 7) is 3.35. The molecule has 2 fully saturated rings. The fourth-order valence-corrected chi connectivity index (χ4v) is 2.38. The van der Waals surface area contributed by atoms with Gasteiger partial charge in [0.1, 0.15) is 0 Å². The van der Waals surface area contributed by atoms with Crippen LogP contribution in [0.15, 0.2) is 0 Å². The second-order valence-electron chi connectivity index (χ2n) is 3.80. The first-order valence-corrected chi connectivity index (χ1v) is 4.49. The average Bonchev–Trinajstić information content (AvgIpc) is 2.34. The van der Waals surface area contributed by atoms with E-state index in [1.54, 1.807) is 0 Å². The van der Waals surface area contributed by atoms with Crippen molar-refractivity contribution in [3.05, 3.63) is 0 Å². The summed E-state index contributed by atoms with van der Waals surface area (Å²) in [4.78, 5) is 0. The van der Waals surface area contributed by atoms with Crippen molar-refractivity contribution in [3.63, 3.8) is 0 Å². The zero-order valence-electron chi connectivity index (χ0n) is 6.68. The fourth-order valence-electron chi connectivity index (χ4n) is 2.38. The highest BCUT2D eigenvalue weighted by atomic mass is 16.5. The van der Waals surface area contributed by atoms with Gasteiger partial charge in [0.25, 0.3) is 0 Å². The Bertz CT molecular complexity index is 120. The molecule has 1 saturated heterocycles. The van der Waals surface area contributed by atoms with Gasteiger partial charge in [-0.1, -0.05) is 19.8 Å². The van der Waals surface area contributed by atoms with Crippen LogP contribution >= 0.6 is 0 Å². The maximum Gasteiger partial charge on any atom is 0.0606 e. The van der Waals surface area contributed by atoms with Gasteiger partial charge in [0.15, 0.2) is 0 Å². The lowest BCUT2D eigenvalue weighted by Gasteiger charge is -2.25. The summed E-state index contributed by atoms with van der Waals surface area (Å²) in [5.41, 5.74) is 0. The second kappa shape index (κ2) is 2.54. The van der Waals surface area contributed by atoms with Gasteiger partial charge in [-0.25, -0.2) is 0 Å². The minimum absolute atomic E-state index is 0.642. The number of ether oxygens (including phenoxy) is 1. The van der Waals surface area contributed by atoms with Gasteiger partial charge in [-0.05, 0) is 24.7 Å². The molecule has 2 rings (SSSR count). The van der Waals surface area contributed by atoms with Crippen molar-refractivity contribution in [2.24, 2.45) is 11.8 Å². The lowest BCUT2D eigenvalue weighted by molar-refractivity contribution is 0.0663. The Labute approximate surface area is 62.8 Å². The summed E-state index contributed by atoms with van der Waals surface area (Å²) in [6.07, 6.45) is 6.23. The monoisotopic (exact) mass is 140 g/mol. The Kier molecular flexibility index (Phi) is 1.69. The van der Waals surface area contributed by atoms with Crippen LogP contribution in [0.5, 0.6) is 0 Å². The molecular weight excluding hydrogens is 124 g/mol. The topological polar surface area (TPSA) is 9.23 Å². The van der Waals surface area contributed by atoms with Crippen LogP contribution in [0.3, 0.4) is 0 Å². The van der Waals surface area contributed by atoms with Crippen LogP contribution in [0.4, 0.5) is 0 Å². The lowest BCUT2D eigenvalue weighted by atomic mass is 9.81. The third kappa shape index (κ3) is 0.968. The maximum absolute atomic E-state index is 5.67. The summed E-state index contributed by atoms with van der Waals surface area (Å²) in [5, 5.41) is 0. The van der Waals surface area contributed by atoms with Crippen LogP contribution in [-0.2, 0) is 4.74 Å². The summed E-state index contributed by atoms with van der Waals surface area (Å²) < 4.78 is 5.67. The molecule has 3 atom stereocenters. The van der Waals surface area contributed by atoms with Crippen molar-refractivity contribution in [2.75, 3.05) is 6.61 Å². The van der Waals surface area contributed by atoms with Gasteiger partial charge in [-0.15, -0.1) is 0 Å². The molecule has 1 nitrogen and oxygen atoms in total. The number of hydrogen-bond acceptors (Lipinski definition) is 1. The molecule has 1 aliphatic heterocycles. The van der Waals surface area contributed by atoms with Crippen molar-refractivity contribution in [1.82, 2.24) is 0 Å². The molecule has 0 aromatic rings. The van der Waals surface area contributed by atoms with Crippen LogP contribution in [0, 0.1) is 11.8 Å². The molecule has 0 spiro atoms. The Balaban J connectivity index is 2.01. The number of hydrogen-bond donors (Lipinski definition) is 0. The molecule has 0 N–H and O–H groups in total. The van der Waals surface area contributed by atoms with Crippen LogP contribution in [-0.4, -0.2) is 12.7 Å². The van der Waals surface area contributed by atoms with E-state index in [2.05, 4.69) is 6.92 Å². The summed E-state index contributed by atoms with van der Waals surface area (Å²) in [5.74, 6) is 1.75. The molecule has 0 aromatic heterocycles. The minimum Gasteiger partial charge on any atom is -0.378 e. The Morgan fingerprint density at radius 1 is 1.20 bits per heavy atom. The molecule has 0 unspecified atom stereocenters. The quantitative estimate of drug-likeness (QED) is 0.501. The SMILES string of the molecule is C[C@@H]1CO[C@H]2CCCC[C@@H]12. The smallest absolute Gasteiger partial charge is 0.0606 e. The Morgan fingerprint density at radius 3 is 2.80 bits per heavy atom. The van der Waals surface area contributed by atoms with E-state index in [1.165, 1.54) is 25.7 Å². The molecular formula is C9H16O. The van der Waals surface area contributed by atoms with Crippen molar-refractivity contribution in [2.45, 2.75) is 38.7 Å². The van der Waals surface area contributed by atoms with Crippen molar-refractivity contribution in [3.8, 4) is 0 Å². The molecule has 0 radical (unpaired) electrons. The average molecular weight is 140 g/mol. The fraction of sp³-hybridized carbons (Fsp3) is 1.00. The summed E-state index contributed by atoms with van der Waals surface area (Å²) >= 11 is 0. The molecule has 10 heavy (non-hydrogen) atoms. The molecule has 1 heteroatoms. The highest BCUT2D eigenvalue weighted by molar-refractivity contribution is 4.84. The van der Waals surface area contributed by atoms with Gasteiger partial charge in [0, 0.05) is 6.61 Å². The number of fused-ring (bicyclic) bond motifs is 1. The van der Waals surface area contributed by atoms with E-state index in [0.717, 1.165) is 18.4 Å². The molecule has 0 bridgehead atoms. The largest absolute Gasteiger partial charge is 0.378 e. The zero-order valence-corrected chi connectivity index (χ0v) is 6.68. The first-order valence-electron chi connectivity index (χ1n) is 4.49. The molecule has 1 heterocycles. The van der Waals surface area contributed by atoms with E-state index >= 15 is 0 Å². The summed E-state index contributed by atoms with van der Waals surface area (Å²) in [6, 6.07) is 0. The second-order valence-corrected chi connectivity index (χ2v) is 3.80. The van der Waals surface area contributed by atoms with E-state index in [9.17, 15) is 0 Å². The van der Waals surface area contributed by atoms with Crippen LogP contribution < -0.4 is 0 Å². The predicted octanol–water partition coefficient (Wildman–Crippen LogP) is 2.21. The van der Waals surface area contributed by atoms with E-state index < -0.39 is 0 Å². The zero-order chi connectivity index (χ0) is 6.97. The molecule has 1 aliphatic carbocycles. The maximum atomic E-state index is 5.67. The van der Waals surface area contributed by atoms with Crippen LogP contribution in [0.25, 0.3) is 0 Å². The predicted molar refractivity (Wildman–Crippen MR) is 40.9 cm³/mol. The molecule has 0 aromatic carbocycles. The lowest BCUT2D eigenvalue weighted by Crippen LogP contribution is -2.22. The van der Waals surface area contributed by atoms with Crippen molar-refractivity contribution in [1.29, 1.82) is 0 Å². The minimum atomic E-state index is 0.642. The Morgan fingerprint density at radius 2 is 2.00 bits per heavy atom. The van der Waals surface area contributed by atoms with Gasteiger partial charge < -0.3 is 4.74 Å². The van der Waals surface area contributed by atoms with E-state index in [1.807, 2.05) is 0 Å². The normalized spacial score (nSPS) is 47.1. The highest BCUT2D eigenvalue weighted by Crippen LogP contribution is 2.37. The van der Waals surface area contributed by atoms with E-state index in [0.29, 0.717) is 6.10 Å². The van der Waals surface area contributed by atoms with Crippen LogP contribution in [0.1, 0.15) is 32.6 Å². The first-order chi connectivity index (χ1) is 4.88.